The highest BCUT2D eigenvalue weighted by atomic mass is 127. The largest absolute Gasteiger partial charge is 0.394 e. The third kappa shape index (κ3) is 4.98. The van der Waals surface area contributed by atoms with Crippen LogP contribution in [-0.2, 0) is 11.3 Å². The maximum atomic E-state index is 12.4. The van der Waals surface area contributed by atoms with E-state index in [0.717, 1.165) is 9.13 Å². The van der Waals surface area contributed by atoms with Crippen LogP contribution >= 0.6 is 22.6 Å². The van der Waals surface area contributed by atoms with Gasteiger partial charge in [-0.1, -0.05) is 24.3 Å². The number of halogens is 1. The summed E-state index contributed by atoms with van der Waals surface area (Å²) in [5, 5.41) is 14.7. The normalized spacial score (nSPS) is 11.8. The first-order chi connectivity index (χ1) is 13.1. The van der Waals surface area contributed by atoms with E-state index < -0.39 is 24.5 Å². The molecule has 0 aliphatic carbocycles. The molecule has 2 aromatic carbocycles. The van der Waals surface area contributed by atoms with Gasteiger partial charge in [0.2, 0.25) is 5.91 Å². The molecule has 0 fully saturated rings. The molecule has 0 bridgehead atoms. The number of aliphatic hydroxyl groups is 1. The van der Waals surface area contributed by atoms with E-state index in [1.807, 2.05) is 30.3 Å². The number of carbonyl (C=O) groups excluding carboxylic acids is 2. The van der Waals surface area contributed by atoms with Gasteiger partial charge in [-0.2, -0.15) is 0 Å². The molecular weight excluding hydrogens is 459 g/mol. The van der Waals surface area contributed by atoms with E-state index in [1.54, 1.807) is 18.2 Å². The summed E-state index contributed by atoms with van der Waals surface area (Å²) in [7, 11) is 0. The van der Waals surface area contributed by atoms with Crippen molar-refractivity contribution in [1.82, 2.24) is 20.6 Å². The van der Waals surface area contributed by atoms with Gasteiger partial charge in [0.15, 0.2) is 0 Å². The Bertz CT molecular complexity index is 980. The Kier molecular flexibility index (Phi) is 6.30. The molecule has 0 spiro atoms. The predicted molar refractivity (Wildman–Crippen MR) is 109 cm³/mol. The molecule has 1 heterocycles. The number of rotatable bonds is 6. The van der Waals surface area contributed by atoms with Crippen LogP contribution in [-0.4, -0.2) is 39.5 Å². The van der Waals surface area contributed by atoms with Crippen molar-refractivity contribution in [2.24, 2.45) is 0 Å². The number of aliphatic hydroxyl groups excluding tert-OH is 1. The van der Waals surface area contributed by atoms with Gasteiger partial charge in [0.25, 0.3) is 5.91 Å². The average Bonchev–Trinajstić information content (AvgIpc) is 2.69. The standard InChI is InChI=1S/C19H17IN4O3/c20-13-5-3-4-12(8-13)9-22-18(26)17(11-25)24-19(27)16-10-21-14-6-1-2-7-15(14)23-16/h1-8,10,17,25H,9,11H2,(H,22,26)(H,24,27)/t17-/m0/s1. The Morgan fingerprint density at radius 2 is 1.89 bits per heavy atom. The predicted octanol–water partition coefficient (Wildman–Crippen LogP) is 1.64. The summed E-state index contributed by atoms with van der Waals surface area (Å²) >= 11 is 2.19. The fourth-order valence-corrected chi connectivity index (χ4v) is 3.06. The number of hydrogen-bond donors (Lipinski definition) is 3. The van der Waals surface area contributed by atoms with Gasteiger partial charge >= 0.3 is 0 Å². The Hall–Kier alpha value is -2.59. The van der Waals surface area contributed by atoms with Gasteiger partial charge in [-0.25, -0.2) is 4.98 Å². The molecule has 0 aliphatic rings. The van der Waals surface area contributed by atoms with Gasteiger partial charge < -0.3 is 15.7 Å². The highest BCUT2D eigenvalue weighted by Crippen LogP contribution is 2.09. The third-order valence-corrected chi connectivity index (χ3v) is 4.51. The lowest BCUT2D eigenvalue weighted by atomic mass is 10.2. The number of hydrogen-bond acceptors (Lipinski definition) is 5. The number of nitrogens with one attached hydrogen (secondary N) is 2. The summed E-state index contributed by atoms with van der Waals surface area (Å²) in [5.74, 6) is -1.05. The van der Waals surface area contributed by atoms with Crippen LogP contribution in [0.1, 0.15) is 16.1 Å². The molecule has 3 aromatic rings. The van der Waals surface area contributed by atoms with Crippen molar-refractivity contribution < 1.29 is 14.7 Å². The van der Waals surface area contributed by atoms with E-state index in [-0.39, 0.29) is 5.69 Å². The second-order valence-electron chi connectivity index (χ2n) is 5.80. The van der Waals surface area contributed by atoms with Crippen LogP contribution in [0.15, 0.2) is 54.7 Å². The van der Waals surface area contributed by atoms with E-state index >= 15 is 0 Å². The summed E-state index contributed by atoms with van der Waals surface area (Å²) in [6.45, 7) is -0.220. The fraction of sp³-hybridized carbons (Fsp3) is 0.158. The van der Waals surface area contributed by atoms with Crippen LogP contribution in [0.25, 0.3) is 11.0 Å². The summed E-state index contributed by atoms with van der Waals surface area (Å²) in [6, 6.07) is 13.8. The summed E-state index contributed by atoms with van der Waals surface area (Å²) in [5.41, 5.74) is 2.26. The molecule has 138 valence electrons. The number of amides is 2. The van der Waals surface area contributed by atoms with Gasteiger partial charge in [0.1, 0.15) is 11.7 Å². The van der Waals surface area contributed by atoms with E-state index in [0.29, 0.717) is 17.6 Å². The summed E-state index contributed by atoms with van der Waals surface area (Å²) in [4.78, 5) is 33.1. The van der Waals surface area contributed by atoms with Crippen molar-refractivity contribution in [2.45, 2.75) is 12.6 Å². The van der Waals surface area contributed by atoms with Crippen molar-refractivity contribution >= 4 is 45.4 Å². The molecule has 1 aromatic heterocycles. The maximum absolute atomic E-state index is 12.4. The summed E-state index contributed by atoms with van der Waals surface area (Å²) in [6.07, 6.45) is 1.34. The first kappa shape index (κ1) is 19.2. The second-order valence-corrected chi connectivity index (χ2v) is 7.05. The highest BCUT2D eigenvalue weighted by molar-refractivity contribution is 14.1. The lowest BCUT2D eigenvalue weighted by Gasteiger charge is -2.16. The lowest BCUT2D eigenvalue weighted by molar-refractivity contribution is -0.124. The first-order valence-electron chi connectivity index (χ1n) is 8.22. The number of carbonyl (C=O) groups is 2. The Morgan fingerprint density at radius 3 is 2.63 bits per heavy atom. The second kappa shape index (κ2) is 8.87. The molecule has 3 rings (SSSR count). The third-order valence-electron chi connectivity index (χ3n) is 3.84. The van der Waals surface area contributed by atoms with Crippen LogP contribution in [0, 0.1) is 3.57 Å². The van der Waals surface area contributed by atoms with Crippen molar-refractivity contribution in [1.29, 1.82) is 0 Å². The zero-order valence-electron chi connectivity index (χ0n) is 14.2. The van der Waals surface area contributed by atoms with E-state index in [9.17, 15) is 14.7 Å². The number of nitrogens with zero attached hydrogens (tertiary/aromatic N) is 2. The Balaban J connectivity index is 1.64. The molecule has 0 radical (unpaired) electrons. The molecule has 3 N–H and O–H groups in total. The monoisotopic (exact) mass is 476 g/mol. The topological polar surface area (TPSA) is 104 Å². The number of benzene rings is 2. The molecule has 0 saturated heterocycles. The molecule has 8 heteroatoms. The fourth-order valence-electron chi connectivity index (χ4n) is 2.45. The van der Waals surface area contributed by atoms with Crippen LogP contribution in [0.5, 0.6) is 0 Å². The van der Waals surface area contributed by atoms with Crippen LogP contribution in [0.2, 0.25) is 0 Å². The van der Waals surface area contributed by atoms with Crippen LogP contribution in [0.4, 0.5) is 0 Å². The number of para-hydroxylation sites is 2. The zero-order chi connectivity index (χ0) is 19.2. The molecule has 0 aliphatic heterocycles. The SMILES string of the molecule is O=C(N[C@@H](CO)C(=O)NCc1cccc(I)c1)c1cnc2ccccc2n1. The number of aromatic nitrogens is 2. The van der Waals surface area contributed by atoms with E-state index in [4.69, 9.17) is 0 Å². The molecule has 27 heavy (non-hydrogen) atoms. The van der Waals surface area contributed by atoms with Gasteiger partial charge in [0, 0.05) is 10.1 Å². The minimum Gasteiger partial charge on any atom is -0.394 e. The molecule has 7 nitrogen and oxygen atoms in total. The van der Waals surface area contributed by atoms with E-state index in [1.165, 1.54) is 6.20 Å². The van der Waals surface area contributed by atoms with Crippen molar-refractivity contribution in [3.05, 3.63) is 69.6 Å². The molecular formula is C19H17IN4O3. The molecule has 1 atom stereocenters. The van der Waals surface area contributed by atoms with E-state index in [2.05, 4.69) is 43.2 Å². The first-order valence-corrected chi connectivity index (χ1v) is 9.30. The molecule has 0 saturated carbocycles. The molecule has 0 unspecified atom stereocenters. The Labute approximate surface area is 169 Å². The van der Waals surface area contributed by atoms with Crippen molar-refractivity contribution in [3.63, 3.8) is 0 Å². The highest BCUT2D eigenvalue weighted by Gasteiger charge is 2.21. The van der Waals surface area contributed by atoms with Crippen molar-refractivity contribution in [3.8, 4) is 0 Å². The molecule has 2 amide bonds. The average molecular weight is 476 g/mol. The van der Waals surface area contributed by atoms with Crippen LogP contribution < -0.4 is 10.6 Å². The van der Waals surface area contributed by atoms with Gasteiger partial charge in [-0.15, -0.1) is 0 Å². The Morgan fingerprint density at radius 1 is 1.11 bits per heavy atom. The van der Waals surface area contributed by atoms with Crippen LogP contribution in [0.3, 0.4) is 0 Å². The van der Waals surface area contributed by atoms with Gasteiger partial charge in [0.05, 0.1) is 23.8 Å². The quantitative estimate of drug-likeness (QED) is 0.470. The zero-order valence-corrected chi connectivity index (χ0v) is 16.4. The minimum atomic E-state index is -1.08. The van der Waals surface area contributed by atoms with Gasteiger partial charge in [-0.3, -0.25) is 14.6 Å². The minimum absolute atomic E-state index is 0.0811. The lowest BCUT2D eigenvalue weighted by Crippen LogP contribution is -2.48. The maximum Gasteiger partial charge on any atom is 0.272 e. The number of fused-ring (bicyclic) bond motifs is 1. The van der Waals surface area contributed by atoms with Gasteiger partial charge in [-0.05, 0) is 52.4 Å². The smallest absolute Gasteiger partial charge is 0.272 e. The summed E-state index contributed by atoms with van der Waals surface area (Å²) < 4.78 is 1.06. The van der Waals surface area contributed by atoms with Crippen molar-refractivity contribution in [2.75, 3.05) is 6.61 Å².